The van der Waals surface area contributed by atoms with Gasteiger partial charge in [-0.15, -0.1) is 0 Å². The second-order valence-electron chi connectivity index (χ2n) is 5.21. The van der Waals surface area contributed by atoms with Crippen molar-refractivity contribution >= 4 is 34.6 Å². The summed E-state index contributed by atoms with van der Waals surface area (Å²) >= 11 is 1.08. The summed E-state index contributed by atoms with van der Waals surface area (Å²) in [6, 6.07) is 9.72. The molecular weight excluding hydrogens is 346 g/mol. The highest BCUT2D eigenvalue weighted by molar-refractivity contribution is 8.18. The summed E-state index contributed by atoms with van der Waals surface area (Å²) in [4.78, 5) is 18.4. The highest BCUT2D eigenvalue weighted by Gasteiger charge is 2.32. The molecule has 1 fully saturated rings. The third-order valence-electron chi connectivity index (χ3n) is 3.55. The number of hydrogen-bond acceptors (Lipinski definition) is 4. The Morgan fingerprint density at radius 2 is 2.00 bits per heavy atom. The number of benzene rings is 2. The molecule has 0 aromatic heterocycles. The maximum atomic E-state index is 13.8. The number of amidine groups is 1. The highest BCUT2D eigenvalue weighted by atomic mass is 32.2. The number of para-hydroxylation sites is 1. The monoisotopic (exact) mass is 360 g/mol. The fourth-order valence-corrected chi connectivity index (χ4v) is 3.34. The molecule has 25 heavy (non-hydrogen) atoms. The van der Waals surface area contributed by atoms with E-state index in [9.17, 15) is 18.7 Å². The van der Waals surface area contributed by atoms with E-state index in [4.69, 9.17) is 0 Å². The summed E-state index contributed by atoms with van der Waals surface area (Å²) in [5, 5.41) is 10.2. The summed E-state index contributed by atoms with van der Waals surface area (Å²) in [6.07, 6.45) is 1.56. The zero-order valence-electron chi connectivity index (χ0n) is 13.2. The van der Waals surface area contributed by atoms with Crippen molar-refractivity contribution in [2.45, 2.75) is 6.92 Å². The number of carbonyl (C=O) groups is 1. The number of nitrogens with zero attached hydrogens (tertiary/aromatic N) is 2. The number of carbonyl (C=O) groups excluding carboxylic acids is 1. The predicted molar refractivity (Wildman–Crippen MR) is 94.5 cm³/mol. The Kier molecular flexibility index (Phi) is 4.85. The fourth-order valence-electron chi connectivity index (χ4n) is 2.30. The number of phenolic OH excluding ortho intramolecular Hbond substituents is 1. The van der Waals surface area contributed by atoms with Crippen molar-refractivity contribution in [3.05, 3.63) is 64.6 Å². The second kappa shape index (κ2) is 7.06. The maximum Gasteiger partial charge on any atom is 0.266 e. The molecule has 0 atom stereocenters. The van der Waals surface area contributed by atoms with Crippen LogP contribution in [-0.4, -0.2) is 27.6 Å². The van der Waals surface area contributed by atoms with Gasteiger partial charge in [0.1, 0.15) is 17.3 Å². The van der Waals surface area contributed by atoms with Crippen molar-refractivity contribution in [2.24, 2.45) is 4.99 Å². The van der Waals surface area contributed by atoms with Crippen LogP contribution in [0.4, 0.5) is 14.5 Å². The quantitative estimate of drug-likeness (QED) is 0.831. The van der Waals surface area contributed by atoms with Crippen molar-refractivity contribution in [3.8, 4) is 5.75 Å². The van der Waals surface area contributed by atoms with Gasteiger partial charge in [-0.2, -0.15) is 0 Å². The van der Waals surface area contributed by atoms with Gasteiger partial charge >= 0.3 is 0 Å². The molecular formula is C18H14F2N2O2S. The van der Waals surface area contributed by atoms with E-state index in [0.29, 0.717) is 22.2 Å². The fraction of sp³-hybridized carbons (Fsp3) is 0.111. The van der Waals surface area contributed by atoms with E-state index < -0.39 is 11.6 Å². The van der Waals surface area contributed by atoms with Gasteiger partial charge in [0.25, 0.3) is 5.91 Å². The summed E-state index contributed by atoms with van der Waals surface area (Å²) < 4.78 is 26.8. The van der Waals surface area contributed by atoms with Gasteiger partial charge in [-0.25, -0.2) is 13.8 Å². The molecule has 1 aliphatic rings. The first-order valence-electron chi connectivity index (χ1n) is 7.52. The smallest absolute Gasteiger partial charge is 0.266 e. The van der Waals surface area contributed by atoms with Crippen LogP contribution in [0.3, 0.4) is 0 Å². The molecule has 128 valence electrons. The van der Waals surface area contributed by atoms with Gasteiger partial charge < -0.3 is 5.11 Å². The second-order valence-corrected chi connectivity index (χ2v) is 6.22. The number of rotatable bonds is 3. The van der Waals surface area contributed by atoms with Crippen LogP contribution in [0.15, 0.2) is 52.4 Å². The first kappa shape index (κ1) is 17.2. The largest absolute Gasteiger partial charge is 0.507 e. The van der Waals surface area contributed by atoms with Gasteiger partial charge in [-0.05, 0) is 43.0 Å². The molecule has 1 aliphatic heterocycles. The Morgan fingerprint density at radius 3 is 2.68 bits per heavy atom. The normalized spacial score (nSPS) is 17.7. The molecule has 1 amide bonds. The number of amides is 1. The minimum absolute atomic E-state index is 0.0426. The molecule has 0 radical (unpaired) electrons. The van der Waals surface area contributed by atoms with Crippen molar-refractivity contribution in [2.75, 3.05) is 6.54 Å². The molecule has 3 rings (SSSR count). The van der Waals surface area contributed by atoms with E-state index in [1.54, 1.807) is 31.2 Å². The first-order valence-corrected chi connectivity index (χ1v) is 8.34. The third-order valence-corrected chi connectivity index (χ3v) is 4.56. The number of hydrogen-bond donors (Lipinski definition) is 1. The van der Waals surface area contributed by atoms with Crippen LogP contribution in [0.1, 0.15) is 12.5 Å². The lowest BCUT2D eigenvalue weighted by Gasteiger charge is -2.12. The van der Waals surface area contributed by atoms with Crippen molar-refractivity contribution < 1.29 is 18.7 Å². The molecule has 4 nitrogen and oxygen atoms in total. The summed E-state index contributed by atoms with van der Waals surface area (Å²) in [5.74, 6) is -1.71. The van der Waals surface area contributed by atoms with Crippen molar-refractivity contribution in [1.29, 1.82) is 0 Å². The molecule has 1 saturated heterocycles. The zero-order valence-corrected chi connectivity index (χ0v) is 14.1. The number of halogens is 2. The van der Waals surface area contributed by atoms with Crippen LogP contribution in [0, 0.1) is 11.6 Å². The van der Waals surface area contributed by atoms with Crippen LogP contribution in [-0.2, 0) is 4.79 Å². The van der Waals surface area contributed by atoms with Crippen molar-refractivity contribution in [3.63, 3.8) is 0 Å². The summed E-state index contributed by atoms with van der Waals surface area (Å²) in [6.45, 7) is 2.13. The van der Waals surface area contributed by atoms with Crippen LogP contribution in [0.5, 0.6) is 5.75 Å². The minimum Gasteiger partial charge on any atom is -0.507 e. The molecule has 0 saturated carbocycles. The number of likely N-dealkylation sites (N-methyl/N-ethyl adjacent to an activating group) is 1. The van der Waals surface area contributed by atoms with Crippen LogP contribution >= 0.6 is 11.8 Å². The first-order chi connectivity index (χ1) is 12.0. The number of aromatic hydroxyl groups is 1. The Bertz CT molecular complexity index is 896. The van der Waals surface area contributed by atoms with E-state index in [0.717, 1.165) is 23.9 Å². The predicted octanol–water partition coefficient (Wildman–Crippen LogP) is 4.29. The Labute approximate surface area is 147 Å². The minimum atomic E-state index is -0.797. The van der Waals surface area contributed by atoms with Crippen LogP contribution < -0.4 is 0 Å². The molecule has 0 bridgehead atoms. The average Bonchev–Trinajstić information content (AvgIpc) is 2.87. The molecule has 2 aromatic rings. The summed E-state index contributed by atoms with van der Waals surface area (Å²) in [5.41, 5.74) is 0.461. The Morgan fingerprint density at radius 1 is 1.24 bits per heavy atom. The molecule has 7 heteroatoms. The van der Waals surface area contributed by atoms with Gasteiger partial charge in [0.2, 0.25) is 0 Å². The Balaban J connectivity index is 1.98. The molecule has 0 aliphatic carbocycles. The molecule has 2 aromatic carbocycles. The Hall–Kier alpha value is -2.67. The van der Waals surface area contributed by atoms with E-state index in [2.05, 4.69) is 4.99 Å². The molecule has 1 N–H and O–H groups in total. The summed E-state index contributed by atoms with van der Waals surface area (Å²) in [7, 11) is 0. The maximum absolute atomic E-state index is 13.8. The number of aliphatic imine (C=N–C) groups is 1. The molecule has 1 heterocycles. The van der Waals surface area contributed by atoms with Crippen molar-refractivity contribution in [1.82, 2.24) is 4.90 Å². The lowest BCUT2D eigenvalue weighted by atomic mass is 10.2. The third kappa shape index (κ3) is 3.56. The number of phenols is 1. The van der Waals surface area contributed by atoms with E-state index in [1.807, 2.05) is 0 Å². The van der Waals surface area contributed by atoms with Gasteiger partial charge in [-0.1, -0.05) is 18.2 Å². The topological polar surface area (TPSA) is 52.9 Å². The SMILES string of the molecule is CCN1C(=O)/C(=C\c2ccccc2O)SC1=Nc1ccc(F)cc1F. The standard InChI is InChI=1S/C18H14F2N2O2S/c1-2-22-17(24)16(9-11-5-3-4-6-15(11)23)25-18(22)21-14-8-7-12(19)10-13(14)20/h3-10,23H,2H2,1H3/b16-9+,21-18?. The van der Waals surface area contributed by atoms with Gasteiger partial charge in [-0.3, -0.25) is 9.69 Å². The van der Waals surface area contributed by atoms with Gasteiger partial charge in [0.05, 0.1) is 4.91 Å². The zero-order chi connectivity index (χ0) is 18.0. The van der Waals surface area contributed by atoms with Crippen LogP contribution in [0.2, 0.25) is 0 Å². The van der Waals surface area contributed by atoms with Crippen LogP contribution in [0.25, 0.3) is 6.08 Å². The molecule has 0 spiro atoms. The lowest BCUT2D eigenvalue weighted by Crippen LogP contribution is -2.28. The average molecular weight is 360 g/mol. The van der Waals surface area contributed by atoms with E-state index >= 15 is 0 Å². The van der Waals surface area contributed by atoms with Gasteiger partial charge in [0, 0.05) is 18.2 Å². The highest BCUT2D eigenvalue weighted by Crippen LogP contribution is 2.35. The molecule has 0 unspecified atom stereocenters. The van der Waals surface area contributed by atoms with E-state index in [-0.39, 0.29) is 17.3 Å². The number of thioether (sulfide) groups is 1. The van der Waals surface area contributed by atoms with E-state index in [1.165, 1.54) is 17.0 Å². The lowest BCUT2D eigenvalue weighted by molar-refractivity contribution is -0.122. The van der Waals surface area contributed by atoms with Gasteiger partial charge in [0.15, 0.2) is 11.0 Å².